The monoisotopic (exact) mass is 269 g/mol. The molecule has 1 aliphatic heterocycles. The van der Waals surface area contributed by atoms with Crippen LogP contribution in [0.1, 0.15) is 18.4 Å². The average molecular weight is 270 g/mol. The van der Waals surface area contributed by atoms with Crippen LogP contribution < -0.4 is 10.5 Å². The van der Waals surface area contributed by atoms with Crippen LogP contribution in [0.15, 0.2) is 18.2 Å². The Hall–Kier alpha value is -0.380. The third-order valence-corrected chi connectivity index (χ3v) is 5.20. The predicted octanol–water partition coefficient (Wildman–Crippen LogP) is 2.82. The van der Waals surface area contributed by atoms with Crippen LogP contribution in [0.5, 0.6) is 5.75 Å². The molecule has 0 bridgehead atoms. The quantitative estimate of drug-likeness (QED) is 0.913. The van der Waals surface area contributed by atoms with Crippen molar-refractivity contribution in [3.8, 4) is 5.75 Å². The maximum atomic E-state index is 6.27. The topological polar surface area (TPSA) is 35.2 Å². The van der Waals surface area contributed by atoms with E-state index in [9.17, 15) is 0 Å². The van der Waals surface area contributed by atoms with E-state index in [4.69, 9.17) is 22.1 Å². The van der Waals surface area contributed by atoms with Crippen molar-refractivity contribution in [2.24, 2.45) is 5.73 Å². The number of halogens is 1. The molecule has 2 nitrogen and oxygen atoms in total. The molecule has 1 aromatic carbocycles. The van der Waals surface area contributed by atoms with Crippen LogP contribution in [0.2, 0.25) is 5.02 Å². The number of thioether (sulfide) groups is 1. The van der Waals surface area contributed by atoms with Crippen LogP contribution in [0, 0.1) is 0 Å². The van der Waals surface area contributed by atoms with E-state index in [1.165, 1.54) is 18.4 Å². The van der Waals surface area contributed by atoms with E-state index in [0.717, 1.165) is 22.3 Å². The summed E-state index contributed by atoms with van der Waals surface area (Å²) >= 11 is 8.18. The van der Waals surface area contributed by atoms with E-state index in [1.807, 2.05) is 23.9 Å². The molecule has 1 saturated heterocycles. The molecule has 1 saturated carbocycles. The minimum absolute atomic E-state index is 0.203. The second kappa shape index (κ2) is 4.38. The molecule has 0 aromatic heterocycles. The molecule has 0 spiro atoms. The normalized spacial score (nSPS) is 22.0. The van der Waals surface area contributed by atoms with Gasteiger partial charge in [-0.3, -0.25) is 0 Å². The van der Waals surface area contributed by atoms with E-state index in [2.05, 4.69) is 6.07 Å². The van der Waals surface area contributed by atoms with Crippen molar-refractivity contribution in [2.45, 2.75) is 24.4 Å². The molecular formula is C13H16ClNOS. The van der Waals surface area contributed by atoms with Gasteiger partial charge in [0.2, 0.25) is 0 Å². The Morgan fingerprint density at radius 1 is 1.41 bits per heavy atom. The van der Waals surface area contributed by atoms with Crippen molar-refractivity contribution in [3.05, 3.63) is 28.8 Å². The highest BCUT2D eigenvalue weighted by Crippen LogP contribution is 2.48. The number of rotatable bonds is 4. The van der Waals surface area contributed by atoms with Crippen LogP contribution >= 0.6 is 23.4 Å². The predicted molar refractivity (Wildman–Crippen MR) is 73.2 cm³/mol. The lowest BCUT2D eigenvalue weighted by atomic mass is 9.96. The minimum atomic E-state index is 0.203. The first-order valence-electron chi connectivity index (χ1n) is 5.98. The Labute approximate surface area is 111 Å². The van der Waals surface area contributed by atoms with E-state index in [-0.39, 0.29) is 5.41 Å². The van der Waals surface area contributed by atoms with E-state index >= 15 is 0 Å². The first-order valence-corrected chi connectivity index (χ1v) is 7.51. The molecule has 1 aromatic rings. The Morgan fingerprint density at radius 3 is 2.65 bits per heavy atom. The highest BCUT2D eigenvalue weighted by Gasteiger charge is 2.43. The van der Waals surface area contributed by atoms with Crippen molar-refractivity contribution in [1.29, 1.82) is 0 Å². The lowest BCUT2D eigenvalue weighted by molar-refractivity contribution is 0.240. The van der Waals surface area contributed by atoms with Crippen molar-refractivity contribution in [2.75, 3.05) is 18.1 Å². The van der Waals surface area contributed by atoms with Gasteiger partial charge in [0.25, 0.3) is 0 Å². The maximum absolute atomic E-state index is 6.27. The average Bonchev–Trinajstić information content (AvgIpc) is 3.06. The molecule has 1 aliphatic carbocycles. The summed E-state index contributed by atoms with van der Waals surface area (Å²) in [6, 6.07) is 6.14. The number of nitrogens with two attached hydrogens (primary N) is 1. The van der Waals surface area contributed by atoms with Gasteiger partial charge in [-0.25, -0.2) is 0 Å². The maximum Gasteiger partial charge on any atom is 0.138 e. The molecule has 0 atom stereocenters. The summed E-state index contributed by atoms with van der Waals surface area (Å²) < 4.78 is 5.82. The molecule has 17 heavy (non-hydrogen) atoms. The van der Waals surface area contributed by atoms with E-state index < -0.39 is 0 Å². The summed E-state index contributed by atoms with van der Waals surface area (Å²) in [6.45, 7) is 0.711. The van der Waals surface area contributed by atoms with Crippen molar-refractivity contribution in [3.63, 3.8) is 0 Å². The fourth-order valence-corrected chi connectivity index (χ4v) is 2.94. The SMILES string of the molecule is NCC1(c2ccc(OC3CSC3)c(Cl)c2)CC1. The Bertz CT molecular complexity index is 429. The Balaban J connectivity index is 1.78. The zero-order valence-corrected chi connectivity index (χ0v) is 11.2. The van der Waals surface area contributed by atoms with Crippen molar-refractivity contribution >= 4 is 23.4 Å². The number of ether oxygens (including phenoxy) is 1. The summed E-state index contributed by atoms with van der Waals surface area (Å²) in [5, 5.41) is 0.721. The smallest absolute Gasteiger partial charge is 0.138 e. The molecule has 0 amide bonds. The summed E-state index contributed by atoms with van der Waals surface area (Å²) in [4.78, 5) is 0. The van der Waals surface area contributed by atoms with Gasteiger partial charge in [-0.1, -0.05) is 17.7 Å². The molecule has 3 rings (SSSR count). The largest absolute Gasteiger partial charge is 0.487 e. The van der Waals surface area contributed by atoms with Gasteiger partial charge >= 0.3 is 0 Å². The van der Waals surface area contributed by atoms with Gasteiger partial charge in [0.05, 0.1) is 5.02 Å². The van der Waals surface area contributed by atoms with Crippen LogP contribution in [-0.4, -0.2) is 24.2 Å². The van der Waals surface area contributed by atoms with Crippen molar-refractivity contribution < 1.29 is 4.74 Å². The highest BCUT2D eigenvalue weighted by atomic mass is 35.5. The molecular weight excluding hydrogens is 254 g/mol. The van der Waals surface area contributed by atoms with Gasteiger partial charge in [0, 0.05) is 23.5 Å². The minimum Gasteiger partial charge on any atom is -0.487 e. The van der Waals surface area contributed by atoms with Gasteiger partial charge in [-0.2, -0.15) is 11.8 Å². The molecule has 92 valence electrons. The molecule has 4 heteroatoms. The summed E-state index contributed by atoms with van der Waals surface area (Å²) in [5.41, 5.74) is 7.29. The highest BCUT2D eigenvalue weighted by molar-refractivity contribution is 8.00. The van der Waals surface area contributed by atoms with Crippen LogP contribution in [0.3, 0.4) is 0 Å². The van der Waals surface area contributed by atoms with E-state index in [1.54, 1.807) is 0 Å². The second-order valence-electron chi connectivity index (χ2n) is 4.91. The number of benzene rings is 1. The third kappa shape index (κ3) is 2.16. The first-order chi connectivity index (χ1) is 8.23. The van der Waals surface area contributed by atoms with Gasteiger partial charge in [-0.15, -0.1) is 0 Å². The fraction of sp³-hybridized carbons (Fsp3) is 0.538. The Kier molecular flexibility index (Phi) is 3.01. The molecule has 0 unspecified atom stereocenters. The summed E-state index contributed by atoms with van der Waals surface area (Å²) in [6.07, 6.45) is 2.70. The molecule has 2 aliphatic rings. The van der Waals surface area contributed by atoms with Crippen LogP contribution in [0.4, 0.5) is 0 Å². The lowest BCUT2D eigenvalue weighted by Crippen LogP contribution is -2.31. The van der Waals surface area contributed by atoms with E-state index in [0.29, 0.717) is 12.6 Å². The Morgan fingerprint density at radius 2 is 2.18 bits per heavy atom. The third-order valence-electron chi connectivity index (χ3n) is 3.69. The van der Waals surface area contributed by atoms with Crippen LogP contribution in [0.25, 0.3) is 0 Å². The number of hydrogen-bond acceptors (Lipinski definition) is 3. The lowest BCUT2D eigenvalue weighted by Gasteiger charge is -2.26. The molecule has 2 fully saturated rings. The molecule has 2 N–H and O–H groups in total. The summed E-state index contributed by atoms with van der Waals surface area (Å²) in [7, 11) is 0. The number of hydrogen-bond donors (Lipinski definition) is 1. The molecule has 1 heterocycles. The first kappa shape index (κ1) is 11.7. The van der Waals surface area contributed by atoms with Gasteiger partial charge in [0.15, 0.2) is 0 Å². The van der Waals surface area contributed by atoms with Gasteiger partial charge in [0.1, 0.15) is 11.9 Å². The zero-order chi connectivity index (χ0) is 11.9. The zero-order valence-electron chi connectivity index (χ0n) is 9.62. The van der Waals surface area contributed by atoms with Gasteiger partial charge < -0.3 is 10.5 Å². The second-order valence-corrected chi connectivity index (χ2v) is 6.39. The van der Waals surface area contributed by atoms with Crippen LogP contribution in [-0.2, 0) is 5.41 Å². The molecule has 0 radical (unpaired) electrons. The fourth-order valence-electron chi connectivity index (χ4n) is 2.15. The standard InChI is InChI=1S/C13H16ClNOS/c14-11-5-9(13(8-15)3-4-13)1-2-12(11)16-10-6-17-7-10/h1-2,5,10H,3-4,6-8,15H2. The summed E-state index contributed by atoms with van der Waals surface area (Å²) in [5.74, 6) is 2.96. The van der Waals surface area contributed by atoms with Crippen molar-refractivity contribution in [1.82, 2.24) is 0 Å². The van der Waals surface area contributed by atoms with Gasteiger partial charge in [-0.05, 0) is 30.5 Å².